The molecule has 0 saturated carbocycles. The summed E-state index contributed by atoms with van der Waals surface area (Å²) in [6.45, 7) is 4.22. The van der Waals surface area contributed by atoms with Crippen LogP contribution in [0.3, 0.4) is 0 Å². The van der Waals surface area contributed by atoms with E-state index in [2.05, 4.69) is 14.9 Å². The van der Waals surface area contributed by atoms with E-state index in [1.54, 1.807) is 24.3 Å². The number of anilines is 1. The Morgan fingerprint density at radius 1 is 1.13 bits per heavy atom. The first-order valence-electron chi connectivity index (χ1n) is 9.67. The van der Waals surface area contributed by atoms with Gasteiger partial charge in [0.1, 0.15) is 5.75 Å². The molecule has 0 amide bonds. The fourth-order valence-corrected chi connectivity index (χ4v) is 4.91. The minimum Gasteiger partial charge on any atom is -0.494 e. The zero-order valence-electron chi connectivity index (χ0n) is 17.0. The molecule has 7 nitrogen and oxygen atoms in total. The molecule has 0 bridgehead atoms. The minimum absolute atomic E-state index is 0.168. The number of aromatic nitrogens is 2. The van der Waals surface area contributed by atoms with Crippen molar-refractivity contribution in [2.75, 3.05) is 11.3 Å². The lowest BCUT2D eigenvalue weighted by Gasteiger charge is -2.13. The molecule has 9 heteroatoms. The standard InChI is InChI=1S/C22H21N3O4S2/c1-3-28-19-11-10-17(13-15(19)2)31(26,27)25-18-8-5-4-7-16(18)14-21-23-22(24-29-21)20-9-6-12-30-20/h4-13,25H,3,14H2,1-2H3. The van der Waals surface area contributed by atoms with Crippen LogP contribution in [0.25, 0.3) is 10.7 Å². The number of ether oxygens (including phenoxy) is 1. The van der Waals surface area contributed by atoms with Gasteiger partial charge in [-0.1, -0.05) is 29.4 Å². The Bertz CT molecular complexity index is 1280. The SMILES string of the molecule is CCOc1ccc(S(=O)(=O)Nc2ccccc2Cc2nc(-c3cccs3)no2)cc1C. The predicted molar refractivity (Wildman–Crippen MR) is 120 cm³/mol. The lowest BCUT2D eigenvalue weighted by molar-refractivity contribution is 0.337. The molecule has 0 aliphatic rings. The van der Waals surface area contributed by atoms with Crippen LogP contribution in [-0.4, -0.2) is 25.2 Å². The molecule has 0 atom stereocenters. The van der Waals surface area contributed by atoms with Crippen molar-refractivity contribution in [2.24, 2.45) is 0 Å². The minimum atomic E-state index is -3.78. The highest BCUT2D eigenvalue weighted by molar-refractivity contribution is 7.92. The van der Waals surface area contributed by atoms with Crippen LogP contribution in [0.4, 0.5) is 5.69 Å². The summed E-state index contributed by atoms with van der Waals surface area (Å²) >= 11 is 1.52. The van der Waals surface area contributed by atoms with Gasteiger partial charge in [-0.2, -0.15) is 4.98 Å². The summed E-state index contributed by atoms with van der Waals surface area (Å²) in [5.74, 6) is 1.60. The molecule has 0 spiro atoms. The van der Waals surface area contributed by atoms with Gasteiger partial charge in [-0.15, -0.1) is 11.3 Å². The van der Waals surface area contributed by atoms with E-state index in [1.807, 2.05) is 43.5 Å². The summed E-state index contributed by atoms with van der Waals surface area (Å²) in [6, 6.07) is 15.8. The van der Waals surface area contributed by atoms with Gasteiger partial charge in [-0.25, -0.2) is 8.42 Å². The largest absolute Gasteiger partial charge is 0.494 e. The first-order chi connectivity index (χ1) is 15.0. The van der Waals surface area contributed by atoms with Crippen LogP contribution in [0.2, 0.25) is 0 Å². The van der Waals surface area contributed by atoms with Gasteiger partial charge in [0.25, 0.3) is 10.0 Å². The van der Waals surface area contributed by atoms with Gasteiger partial charge in [0.2, 0.25) is 11.7 Å². The molecule has 160 valence electrons. The number of benzene rings is 2. The zero-order valence-corrected chi connectivity index (χ0v) is 18.7. The number of hydrogen-bond acceptors (Lipinski definition) is 7. The van der Waals surface area contributed by atoms with Crippen molar-refractivity contribution >= 4 is 27.0 Å². The van der Waals surface area contributed by atoms with E-state index in [4.69, 9.17) is 9.26 Å². The van der Waals surface area contributed by atoms with Crippen LogP contribution >= 0.6 is 11.3 Å². The Morgan fingerprint density at radius 3 is 2.71 bits per heavy atom. The molecule has 31 heavy (non-hydrogen) atoms. The Balaban J connectivity index is 1.56. The van der Waals surface area contributed by atoms with Gasteiger partial charge in [0, 0.05) is 0 Å². The summed E-state index contributed by atoms with van der Waals surface area (Å²) < 4.78 is 39.5. The van der Waals surface area contributed by atoms with E-state index in [1.165, 1.54) is 17.4 Å². The maximum Gasteiger partial charge on any atom is 0.261 e. The van der Waals surface area contributed by atoms with E-state index >= 15 is 0 Å². The summed E-state index contributed by atoms with van der Waals surface area (Å²) in [4.78, 5) is 5.50. The van der Waals surface area contributed by atoms with Crippen LogP contribution in [0.5, 0.6) is 5.75 Å². The second-order valence-electron chi connectivity index (χ2n) is 6.79. The second kappa shape index (κ2) is 8.91. The Labute approximate surface area is 184 Å². The van der Waals surface area contributed by atoms with Crippen LogP contribution in [0, 0.1) is 6.92 Å². The number of sulfonamides is 1. The summed E-state index contributed by atoms with van der Waals surface area (Å²) in [6.07, 6.45) is 0.305. The van der Waals surface area contributed by atoms with E-state index in [9.17, 15) is 8.42 Å². The van der Waals surface area contributed by atoms with Crippen molar-refractivity contribution in [3.8, 4) is 16.5 Å². The van der Waals surface area contributed by atoms with E-state index < -0.39 is 10.0 Å². The highest BCUT2D eigenvalue weighted by atomic mass is 32.2. The highest BCUT2D eigenvalue weighted by Gasteiger charge is 2.19. The fraction of sp³-hybridized carbons (Fsp3) is 0.182. The predicted octanol–water partition coefficient (Wildman–Crippen LogP) is 4.90. The maximum absolute atomic E-state index is 13.0. The Morgan fingerprint density at radius 2 is 1.97 bits per heavy atom. The number of thiophene rings is 1. The Hall–Kier alpha value is -3.17. The average molecular weight is 456 g/mol. The molecule has 0 aliphatic heterocycles. The third-order valence-corrected chi connectivity index (χ3v) is 6.80. The molecule has 0 fully saturated rings. The number of para-hydroxylation sites is 1. The van der Waals surface area contributed by atoms with Crippen molar-refractivity contribution in [1.29, 1.82) is 0 Å². The van der Waals surface area contributed by atoms with Crippen LogP contribution in [0.1, 0.15) is 23.9 Å². The molecule has 0 aliphatic carbocycles. The number of nitrogens with zero attached hydrogens (tertiary/aromatic N) is 2. The lowest BCUT2D eigenvalue weighted by Crippen LogP contribution is -2.14. The van der Waals surface area contributed by atoms with Gasteiger partial charge >= 0.3 is 0 Å². The van der Waals surface area contributed by atoms with E-state index in [0.717, 1.165) is 16.0 Å². The normalized spacial score (nSPS) is 11.4. The van der Waals surface area contributed by atoms with Gasteiger partial charge in [-0.3, -0.25) is 4.72 Å². The Kier molecular flexibility index (Phi) is 6.06. The zero-order chi connectivity index (χ0) is 21.8. The van der Waals surface area contributed by atoms with Crippen LogP contribution in [-0.2, 0) is 16.4 Å². The molecule has 0 radical (unpaired) electrons. The quantitative estimate of drug-likeness (QED) is 0.406. The van der Waals surface area contributed by atoms with E-state index in [0.29, 0.717) is 36.2 Å². The number of aryl methyl sites for hydroxylation is 1. The molecular weight excluding hydrogens is 434 g/mol. The number of rotatable bonds is 8. The molecule has 2 aromatic carbocycles. The highest BCUT2D eigenvalue weighted by Crippen LogP contribution is 2.27. The molecule has 2 heterocycles. The van der Waals surface area contributed by atoms with Crippen molar-refractivity contribution < 1.29 is 17.7 Å². The average Bonchev–Trinajstić information content (AvgIpc) is 3.43. The van der Waals surface area contributed by atoms with Crippen molar-refractivity contribution in [3.05, 3.63) is 77.0 Å². The first-order valence-corrected chi connectivity index (χ1v) is 12.0. The van der Waals surface area contributed by atoms with E-state index in [-0.39, 0.29) is 4.90 Å². The molecule has 1 N–H and O–H groups in total. The third kappa shape index (κ3) is 4.78. The third-order valence-electron chi connectivity index (χ3n) is 4.57. The molecular formula is C22H21N3O4S2. The second-order valence-corrected chi connectivity index (χ2v) is 9.42. The fourth-order valence-electron chi connectivity index (χ4n) is 3.08. The van der Waals surface area contributed by atoms with Gasteiger partial charge in [-0.05, 0) is 60.7 Å². The van der Waals surface area contributed by atoms with Crippen molar-refractivity contribution in [2.45, 2.75) is 25.2 Å². The smallest absolute Gasteiger partial charge is 0.261 e. The summed E-state index contributed by atoms with van der Waals surface area (Å²) in [5, 5.41) is 5.96. The van der Waals surface area contributed by atoms with Crippen LogP contribution < -0.4 is 9.46 Å². The monoisotopic (exact) mass is 455 g/mol. The van der Waals surface area contributed by atoms with Crippen molar-refractivity contribution in [3.63, 3.8) is 0 Å². The van der Waals surface area contributed by atoms with Crippen LogP contribution in [0.15, 0.2) is 69.4 Å². The molecule has 0 unspecified atom stereocenters. The summed E-state index contributed by atoms with van der Waals surface area (Å²) in [5.41, 5.74) is 1.95. The summed E-state index contributed by atoms with van der Waals surface area (Å²) in [7, 11) is -3.78. The lowest BCUT2D eigenvalue weighted by atomic mass is 10.1. The molecule has 4 rings (SSSR count). The maximum atomic E-state index is 13.0. The van der Waals surface area contributed by atoms with Gasteiger partial charge in [0.15, 0.2) is 0 Å². The molecule has 2 aromatic heterocycles. The van der Waals surface area contributed by atoms with Gasteiger partial charge < -0.3 is 9.26 Å². The first kappa shape index (κ1) is 21.1. The topological polar surface area (TPSA) is 94.3 Å². The van der Waals surface area contributed by atoms with Crippen molar-refractivity contribution in [1.82, 2.24) is 10.1 Å². The molecule has 0 saturated heterocycles. The number of hydrogen-bond donors (Lipinski definition) is 1. The van der Waals surface area contributed by atoms with Gasteiger partial charge in [0.05, 0.1) is 28.5 Å². The number of nitrogens with one attached hydrogen (secondary N) is 1. The molecule has 4 aromatic rings.